The van der Waals surface area contributed by atoms with Gasteiger partial charge >= 0.3 is 6.01 Å². The summed E-state index contributed by atoms with van der Waals surface area (Å²) in [6.07, 6.45) is 4.23. The number of thiazole rings is 1. The summed E-state index contributed by atoms with van der Waals surface area (Å²) in [5, 5.41) is 36.3. The van der Waals surface area contributed by atoms with E-state index in [4.69, 9.17) is 31.0 Å². The van der Waals surface area contributed by atoms with Crippen molar-refractivity contribution >= 4 is 73.9 Å². The van der Waals surface area contributed by atoms with E-state index in [0.717, 1.165) is 66.9 Å². The van der Waals surface area contributed by atoms with Crippen molar-refractivity contribution in [2.45, 2.75) is 122 Å². The molecule has 7 atom stereocenters. The number of rotatable bonds is 18. The highest BCUT2D eigenvalue weighted by molar-refractivity contribution is 7.13. The normalized spacial score (nSPS) is 21.4. The highest BCUT2D eigenvalue weighted by Crippen LogP contribution is 2.44. The molecule has 1 aliphatic carbocycles. The number of hydrogen-bond acceptors (Lipinski definition) is 15. The number of fused-ring (bicyclic) bond motifs is 2. The number of ketones is 1. The van der Waals surface area contributed by atoms with Gasteiger partial charge in [-0.1, -0.05) is 87.5 Å². The fourth-order valence-corrected chi connectivity index (χ4v) is 13.9. The molecule has 442 valence electrons. The van der Waals surface area contributed by atoms with Gasteiger partial charge in [0.15, 0.2) is 11.6 Å². The Hall–Kier alpha value is -7.08. The summed E-state index contributed by atoms with van der Waals surface area (Å²) in [6.45, 7) is 15.8. The first kappa shape index (κ1) is 60.1. The van der Waals surface area contributed by atoms with Crippen molar-refractivity contribution < 1.29 is 43.3 Å². The minimum atomic E-state index is -0.890. The van der Waals surface area contributed by atoms with Gasteiger partial charge in [-0.25, -0.2) is 9.37 Å². The molecule has 6 aromatic rings. The number of benzene rings is 4. The third-order valence-electron chi connectivity index (χ3n) is 17.4. The number of aromatic hydroxyl groups is 1. The van der Waals surface area contributed by atoms with E-state index in [9.17, 15) is 34.7 Å². The molecule has 0 unspecified atom stereocenters. The lowest BCUT2D eigenvalue weighted by Gasteiger charge is -2.41. The molecular formula is C64H73ClFN9O8S. The van der Waals surface area contributed by atoms with Crippen LogP contribution in [0, 0.1) is 41.3 Å². The number of Topliss-reactive ketones (excluding diaryl/α,β-unsaturated/α-hetero) is 1. The van der Waals surface area contributed by atoms with Crippen LogP contribution in [0.15, 0.2) is 84.9 Å². The number of aromatic nitrogens is 3. The van der Waals surface area contributed by atoms with E-state index in [2.05, 4.69) is 27.8 Å². The fourth-order valence-electron chi connectivity index (χ4n) is 12.8. The maximum Gasteiger partial charge on any atom is 0.319 e. The Morgan fingerprint density at radius 1 is 0.988 bits per heavy atom. The molecule has 0 bridgehead atoms. The van der Waals surface area contributed by atoms with Crippen LogP contribution in [0.2, 0.25) is 5.02 Å². The van der Waals surface area contributed by atoms with Crippen molar-refractivity contribution in [3.8, 4) is 39.4 Å². The van der Waals surface area contributed by atoms with Gasteiger partial charge in [0.2, 0.25) is 17.7 Å². The van der Waals surface area contributed by atoms with Crippen molar-refractivity contribution in [2.24, 2.45) is 17.3 Å². The molecule has 4 aromatic carbocycles. The van der Waals surface area contributed by atoms with Crippen molar-refractivity contribution in [1.29, 1.82) is 5.26 Å². The van der Waals surface area contributed by atoms with E-state index >= 15 is 4.39 Å². The second-order valence-corrected chi connectivity index (χ2v) is 25.3. The summed E-state index contributed by atoms with van der Waals surface area (Å²) in [4.78, 5) is 77.5. The van der Waals surface area contributed by atoms with Gasteiger partial charge in [0.05, 0.1) is 58.4 Å². The number of piperazine rings is 1. The highest BCUT2D eigenvalue weighted by Gasteiger charge is 2.45. The van der Waals surface area contributed by atoms with Crippen molar-refractivity contribution in [1.82, 2.24) is 35.0 Å². The fraction of sp³-hybridized carbons (Fsp3) is 0.469. The zero-order valence-corrected chi connectivity index (χ0v) is 49.8. The van der Waals surface area contributed by atoms with Crippen LogP contribution in [0.4, 0.5) is 10.2 Å². The molecule has 4 fully saturated rings. The molecule has 3 saturated heterocycles. The van der Waals surface area contributed by atoms with Crippen molar-refractivity contribution in [2.75, 3.05) is 57.4 Å². The predicted molar refractivity (Wildman–Crippen MR) is 322 cm³/mol. The Labute approximate surface area is 498 Å². The number of phenolic OH excluding ortho intramolecular Hbond substituents is 1. The maximum atomic E-state index is 17.5. The van der Waals surface area contributed by atoms with Crippen LogP contribution in [0.3, 0.4) is 0 Å². The second kappa shape index (κ2) is 25.6. The summed E-state index contributed by atoms with van der Waals surface area (Å²) >= 11 is 8.60. The highest BCUT2D eigenvalue weighted by atomic mass is 35.5. The summed E-state index contributed by atoms with van der Waals surface area (Å²) in [5.74, 6) is -2.17. The van der Waals surface area contributed by atoms with E-state index in [1.54, 1.807) is 28.4 Å². The smallest absolute Gasteiger partial charge is 0.319 e. The van der Waals surface area contributed by atoms with Gasteiger partial charge in [-0.15, -0.1) is 11.3 Å². The SMILES string of the molecule is C=CC(=O)N1CCN(c2nc(O[C@@H]3CCC[C@H]3N3CCC(COCC(=O)C[C@H](C(=O)N4C[C@H](O)C[C@H]4C(=O)N[C@@H](C)c4ccc(-c5scnc5C)cc4)C(C)(C)C)CC3)nc3c(F)c(-c4cc(O)cc5ccccc45)c(Cl)cc23)C[C@@H]1CC#N. The minimum Gasteiger partial charge on any atom is -0.508 e. The molecule has 3 aliphatic heterocycles. The molecule has 0 spiro atoms. The van der Waals surface area contributed by atoms with E-state index in [-0.39, 0.29) is 121 Å². The Morgan fingerprint density at radius 2 is 1.75 bits per heavy atom. The summed E-state index contributed by atoms with van der Waals surface area (Å²) in [7, 11) is 0. The number of nitrogens with zero attached hydrogens (tertiary/aromatic N) is 8. The topological polar surface area (TPSA) is 215 Å². The number of aliphatic hydroxyl groups is 1. The van der Waals surface area contributed by atoms with Crippen LogP contribution in [0.1, 0.15) is 96.4 Å². The predicted octanol–water partition coefficient (Wildman–Crippen LogP) is 9.99. The molecule has 2 aromatic heterocycles. The Kier molecular flexibility index (Phi) is 18.3. The standard InChI is InChI=1S/C64H73ClFN9O8S/c1-7-55(79)74-26-25-73(32-43(74)19-22-67)60-49-31-51(65)56(48-28-44(76)27-42-11-8-9-12-47(42)48)57(66)58(49)70-63(71-60)83-54-14-10-13-52(54)72-23-20-39(21-24-72)34-82-35-46(78)29-50(64(4,5)6)62(81)75-33-45(77)30-53(75)61(80)69-37(2)40-15-17-41(18-16-40)59-38(3)68-36-84-59/h7-9,11-12,15-18,27-28,31,36-37,39,43,45,50,52-54,76-77H,1,10,13-14,19-21,23-26,29-30,32-35H2,2-6H3,(H,69,80)/t37-,43-,45+,50+,52+,53-,54+/m0/s1. The number of anilines is 1. The number of piperidine rings is 1. The number of ether oxygens (including phenoxy) is 2. The molecule has 5 heterocycles. The van der Waals surface area contributed by atoms with Gasteiger partial charge in [0.25, 0.3) is 0 Å². The Bertz CT molecular complexity index is 3490. The Balaban J connectivity index is 0.774. The quantitative estimate of drug-likeness (QED) is 0.0683. The summed E-state index contributed by atoms with van der Waals surface area (Å²) in [5.41, 5.74) is 4.52. The van der Waals surface area contributed by atoms with E-state index in [1.807, 2.05) is 93.6 Å². The second-order valence-electron chi connectivity index (χ2n) is 24.0. The van der Waals surface area contributed by atoms with Crippen molar-refractivity contribution in [3.63, 3.8) is 0 Å². The van der Waals surface area contributed by atoms with Gasteiger partial charge < -0.3 is 39.7 Å². The lowest BCUT2D eigenvalue weighted by atomic mass is 9.77. The number of carbonyl (C=O) groups excluding carboxylic acids is 4. The zero-order chi connectivity index (χ0) is 59.6. The molecule has 10 rings (SSSR count). The van der Waals surface area contributed by atoms with Crippen LogP contribution < -0.4 is 15.0 Å². The first-order chi connectivity index (χ1) is 40.3. The molecular weight excluding hydrogens is 1110 g/mol. The number of likely N-dealkylation sites (tertiary alicyclic amines) is 2. The lowest BCUT2D eigenvalue weighted by Crippen LogP contribution is -2.55. The largest absolute Gasteiger partial charge is 0.508 e. The number of carbonyl (C=O) groups is 4. The first-order valence-electron chi connectivity index (χ1n) is 29.1. The molecule has 4 aliphatic rings. The van der Waals surface area contributed by atoms with Gasteiger partial charge in [-0.2, -0.15) is 15.2 Å². The van der Waals surface area contributed by atoms with Crippen LogP contribution in [0.5, 0.6) is 11.8 Å². The minimum absolute atomic E-state index is 0.00205. The third kappa shape index (κ3) is 12.9. The number of nitrogens with one attached hydrogen (secondary N) is 1. The van der Waals surface area contributed by atoms with Crippen LogP contribution in [0.25, 0.3) is 43.2 Å². The Morgan fingerprint density at radius 3 is 2.46 bits per heavy atom. The van der Waals surface area contributed by atoms with Crippen LogP contribution >= 0.6 is 22.9 Å². The molecule has 0 radical (unpaired) electrons. The number of aliphatic hydroxyl groups excluding tert-OH is 1. The van der Waals surface area contributed by atoms with Crippen LogP contribution in [-0.2, 0) is 23.9 Å². The monoisotopic (exact) mass is 1180 g/mol. The van der Waals surface area contributed by atoms with E-state index < -0.39 is 35.3 Å². The number of phenols is 1. The summed E-state index contributed by atoms with van der Waals surface area (Å²) < 4.78 is 30.4. The number of amides is 3. The first-order valence-corrected chi connectivity index (χ1v) is 30.3. The van der Waals surface area contributed by atoms with Gasteiger partial charge in [-0.3, -0.25) is 24.1 Å². The molecule has 3 amide bonds. The van der Waals surface area contributed by atoms with E-state index in [0.29, 0.717) is 40.7 Å². The zero-order valence-electron chi connectivity index (χ0n) is 48.2. The molecule has 17 nitrogen and oxygen atoms in total. The molecule has 20 heteroatoms. The number of β-amino-alcohol motifs (C(OH)–C–C–N with tert-alkyl or cyclic N) is 1. The molecule has 1 saturated carbocycles. The number of aryl methyl sites for hydroxylation is 1. The van der Waals surface area contributed by atoms with Crippen molar-refractivity contribution in [3.05, 3.63) is 107 Å². The molecule has 84 heavy (non-hydrogen) atoms. The van der Waals surface area contributed by atoms with E-state index in [1.165, 1.54) is 17.0 Å². The number of hydrogen-bond donors (Lipinski definition) is 3. The van der Waals surface area contributed by atoms with Gasteiger partial charge in [-0.05, 0) is 122 Å². The third-order valence-corrected chi connectivity index (χ3v) is 18.6. The number of halogens is 2. The molecule has 3 N–H and O–H groups in total. The van der Waals surface area contributed by atoms with Gasteiger partial charge in [0, 0.05) is 61.9 Å². The van der Waals surface area contributed by atoms with Gasteiger partial charge in [0.1, 0.15) is 35.8 Å². The average Bonchev–Trinajstić information content (AvgIpc) is 1.88. The number of nitriles is 1. The lowest BCUT2D eigenvalue weighted by molar-refractivity contribution is -0.147. The average molecular weight is 1180 g/mol. The maximum absolute atomic E-state index is 17.5. The van der Waals surface area contributed by atoms with Crippen LogP contribution in [-0.4, -0.2) is 146 Å². The summed E-state index contributed by atoms with van der Waals surface area (Å²) in [6, 6.07) is 20.5.